The van der Waals surface area contributed by atoms with Crippen molar-refractivity contribution in [1.29, 1.82) is 0 Å². The minimum Gasteiger partial charge on any atom is -0.298 e. The summed E-state index contributed by atoms with van der Waals surface area (Å²) in [5.41, 5.74) is 0. The molecule has 2 nitrogen and oxygen atoms in total. The fourth-order valence-corrected chi connectivity index (χ4v) is 1.79. The topological polar surface area (TPSA) is 20.3 Å². The van der Waals surface area contributed by atoms with Crippen LogP contribution in [0.1, 0.15) is 52.4 Å². The summed E-state index contributed by atoms with van der Waals surface area (Å²) in [5, 5.41) is 0. The standard InChI is InChI=1S/C13H25NO/c1-3-5-9-14(10-6-4-2)11-13(15)12-7-8-12/h12H,3-11H2,1-2H3. The first-order valence-electron chi connectivity index (χ1n) is 6.53. The van der Waals surface area contributed by atoms with Crippen molar-refractivity contribution in [2.45, 2.75) is 52.4 Å². The maximum atomic E-state index is 11.7. The van der Waals surface area contributed by atoms with Gasteiger partial charge in [0.25, 0.3) is 0 Å². The van der Waals surface area contributed by atoms with Gasteiger partial charge in [0.2, 0.25) is 0 Å². The number of Topliss-reactive ketones (excluding diaryl/α,β-unsaturated/α-hetero) is 1. The van der Waals surface area contributed by atoms with Gasteiger partial charge < -0.3 is 0 Å². The second-order valence-corrected chi connectivity index (χ2v) is 4.72. The van der Waals surface area contributed by atoms with Gasteiger partial charge in [-0.15, -0.1) is 0 Å². The Hall–Kier alpha value is -0.370. The predicted octanol–water partition coefficient (Wildman–Crippen LogP) is 2.87. The Labute approximate surface area is 94.0 Å². The zero-order valence-corrected chi connectivity index (χ0v) is 10.3. The predicted molar refractivity (Wildman–Crippen MR) is 64.0 cm³/mol. The average molecular weight is 211 g/mol. The van der Waals surface area contributed by atoms with Gasteiger partial charge in [-0.05, 0) is 38.8 Å². The Morgan fingerprint density at radius 3 is 2.07 bits per heavy atom. The molecule has 15 heavy (non-hydrogen) atoms. The van der Waals surface area contributed by atoms with Crippen molar-refractivity contribution in [3.63, 3.8) is 0 Å². The molecule has 0 heterocycles. The molecular formula is C13H25NO. The number of nitrogens with zero attached hydrogens (tertiary/aromatic N) is 1. The van der Waals surface area contributed by atoms with Gasteiger partial charge in [-0.2, -0.15) is 0 Å². The van der Waals surface area contributed by atoms with Crippen LogP contribution in [0.15, 0.2) is 0 Å². The minimum atomic E-state index is 0.427. The van der Waals surface area contributed by atoms with Crippen molar-refractivity contribution in [3.8, 4) is 0 Å². The Balaban J connectivity index is 2.22. The fraction of sp³-hybridized carbons (Fsp3) is 0.923. The molecule has 1 fully saturated rings. The minimum absolute atomic E-state index is 0.427. The van der Waals surface area contributed by atoms with E-state index < -0.39 is 0 Å². The molecule has 0 aromatic heterocycles. The second-order valence-electron chi connectivity index (χ2n) is 4.72. The molecular weight excluding hydrogens is 186 g/mol. The summed E-state index contributed by atoms with van der Waals surface area (Å²) in [4.78, 5) is 14.1. The molecule has 1 aliphatic carbocycles. The first kappa shape index (κ1) is 12.7. The van der Waals surface area contributed by atoms with Crippen molar-refractivity contribution < 1.29 is 4.79 Å². The molecule has 1 rings (SSSR count). The lowest BCUT2D eigenvalue weighted by atomic mass is 10.2. The highest BCUT2D eigenvalue weighted by Gasteiger charge is 2.30. The summed E-state index contributed by atoms with van der Waals surface area (Å²) >= 11 is 0. The molecule has 0 spiro atoms. The molecule has 0 aliphatic heterocycles. The van der Waals surface area contributed by atoms with E-state index in [1.54, 1.807) is 0 Å². The fourth-order valence-electron chi connectivity index (χ4n) is 1.79. The van der Waals surface area contributed by atoms with Crippen LogP contribution in [-0.2, 0) is 4.79 Å². The lowest BCUT2D eigenvalue weighted by Gasteiger charge is -2.20. The normalized spacial score (nSPS) is 15.9. The maximum Gasteiger partial charge on any atom is 0.149 e. The van der Waals surface area contributed by atoms with Crippen LogP contribution < -0.4 is 0 Å². The summed E-state index contributed by atoms with van der Waals surface area (Å²) in [6.45, 7) is 7.34. The lowest BCUT2D eigenvalue weighted by molar-refractivity contribution is -0.121. The van der Waals surface area contributed by atoms with Gasteiger partial charge in [-0.25, -0.2) is 0 Å². The van der Waals surface area contributed by atoms with Gasteiger partial charge in [-0.3, -0.25) is 9.69 Å². The van der Waals surface area contributed by atoms with Gasteiger partial charge in [0.05, 0.1) is 6.54 Å². The summed E-state index contributed by atoms with van der Waals surface area (Å²) in [7, 11) is 0. The first-order chi connectivity index (χ1) is 7.27. The van der Waals surface area contributed by atoms with Crippen LogP contribution in [0.2, 0.25) is 0 Å². The maximum absolute atomic E-state index is 11.7. The highest BCUT2D eigenvalue weighted by atomic mass is 16.1. The van der Waals surface area contributed by atoms with Gasteiger partial charge in [0.15, 0.2) is 0 Å². The lowest BCUT2D eigenvalue weighted by Crippen LogP contribution is -2.32. The third-order valence-electron chi connectivity index (χ3n) is 3.07. The van der Waals surface area contributed by atoms with E-state index in [4.69, 9.17) is 0 Å². The Morgan fingerprint density at radius 1 is 1.13 bits per heavy atom. The van der Waals surface area contributed by atoms with E-state index >= 15 is 0 Å². The quantitative estimate of drug-likeness (QED) is 0.584. The monoisotopic (exact) mass is 211 g/mol. The van der Waals surface area contributed by atoms with E-state index in [1.165, 1.54) is 25.7 Å². The number of ketones is 1. The molecule has 0 radical (unpaired) electrons. The van der Waals surface area contributed by atoms with E-state index in [9.17, 15) is 4.79 Å². The summed E-state index contributed by atoms with van der Waals surface area (Å²) in [6.07, 6.45) is 7.19. The van der Waals surface area contributed by atoms with Crippen LogP contribution in [-0.4, -0.2) is 30.3 Å². The van der Waals surface area contributed by atoms with E-state index in [0.29, 0.717) is 18.2 Å². The van der Waals surface area contributed by atoms with E-state index in [2.05, 4.69) is 18.7 Å². The molecule has 0 N–H and O–H groups in total. The van der Waals surface area contributed by atoms with Crippen molar-refractivity contribution in [2.75, 3.05) is 19.6 Å². The van der Waals surface area contributed by atoms with Crippen molar-refractivity contribution in [1.82, 2.24) is 4.90 Å². The van der Waals surface area contributed by atoms with Gasteiger partial charge >= 0.3 is 0 Å². The molecule has 88 valence electrons. The molecule has 1 saturated carbocycles. The molecule has 2 heteroatoms. The first-order valence-corrected chi connectivity index (χ1v) is 6.53. The number of hydrogen-bond acceptors (Lipinski definition) is 2. The van der Waals surface area contributed by atoms with Gasteiger partial charge in [-0.1, -0.05) is 26.7 Å². The molecule has 0 bridgehead atoms. The number of carbonyl (C=O) groups is 1. The van der Waals surface area contributed by atoms with Crippen LogP contribution >= 0.6 is 0 Å². The molecule has 0 atom stereocenters. The van der Waals surface area contributed by atoms with Crippen LogP contribution in [0.5, 0.6) is 0 Å². The largest absolute Gasteiger partial charge is 0.298 e. The van der Waals surface area contributed by atoms with Crippen LogP contribution in [0, 0.1) is 5.92 Å². The van der Waals surface area contributed by atoms with Crippen LogP contribution in [0.4, 0.5) is 0 Å². The van der Waals surface area contributed by atoms with E-state index in [-0.39, 0.29) is 0 Å². The molecule has 0 aromatic rings. The van der Waals surface area contributed by atoms with Crippen molar-refractivity contribution >= 4 is 5.78 Å². The molecule has 0 amide bonds. The van der Waals surface area contributed by atoms with Gasteiger partial charge in [0, 0.05) is 5.92 Å². The molecule has 0 unspecified atom stereocenters. The average Bonchev–Trinajstić information content (AvgIpc) is 3.05. The number of carbonyl (C=O) groups excluding carboxylic acids is 1. The van der Waals surface area contributed by atoms with Crippen LogP contribution in [0.3, 0.4) is 0 Å². The highest BCUT2D eigenvalue weighted by molar-refractivity contribution is 5.84. The van der Waals surface area contributed by atoms with Crippen LogP contribution in [0.25, 0.3) is 0 Å². The summed E-state index contributed by atoms with van der Waals surface area (Å²) in [5.74, 6) is 0.915. The third kappa shape index (κ3) is 5.31. The molecule has 0 saturated heterocycles. The zero-order valence-electron chi connectivity index (χ0n) is 10.3. The van der Waals surface area contributed by atoms with E-state index in [1.807, 2.05) is 0 Å². The Morgan fingerprint density at radius 2 is 1.67 bits per heavy atom. The Bertz CT molecular complexity index is 179. The number of unbranched alkanes of at least 4 members (excludes halogenated alkanes) is 2. The smallest absolute Gasteiger partial charge is 0.149 e. The molecule has 1 aliphatic rings. The summed E-state index contributed by atoms with van der Waals surface area (Å²) in [6, 6.07) is 0. The third-order valence-corrected chi connectivity index (χ3v) is 3.07. The van der Waals surface area contributed by atoms with Crippen molar-refractivity contribution in [2.24, 2.45) is 5.92 Å². The second kappa shape index (κ2) is 7.00. The number of rotatable bonds is 9. The van der Waals surface area contributed by atoms with E-state index in [0.717, 1.165) is 25.9 Å². The Kier molecular flexibility index (Phi) is 5.92. The van der Waals surface area contributed by atoms with Crippen molar-refractivity contribution in [3.05, 3.63) is 0 Å². The molecule has 0 aromatic carbocycles. The highest BCUT2D eigenvalue weighted by Crippen LogP contribution is 2.29. The number of hydrogen-bond donors (Lipinski definition) is 0. The van der Waals surface area contributed by atoms with Gasteiger partial charge in [0.1, 0.15) is 5.78 Å². The zero-order chi connectivity index (χ0) is 11.1. The summed E-state index contributed by atoms with van der Waals surface area (Å²) < 4.78 is 0. The SMILES string of the molecule is CCCCN(CCCC)CC(=O)C1CC1.